The number of imide groups is 2. The molecule has 2 aliphatic rings. The molecule has 0 fully saturated rings. The van der Waals surface area contributed by atoms with Gasteiger partial charge in [0.25, 0.3) is 23.6 Å². The van der Waals surface area contributed by atoms with Gasteiger partial charge in [-0.25, -0.2) is 0 Å². The van der Waals surface area contributed by atoms with Gasteiger partial charge in [0.05, 0.1) is 44.1 Å². The maximum atomic E-state index is 11.5. The minimum absolute atomic E-state index is 0.0500. The Bertz CT molecular complexity index is 893. The lowest BCUT2D eigenvalue weighted by Crippen LogP contribution is -2.35. The molecule has 0 unspecified atom stereocenters. The van der Waals surface area contributed by atoms with Gasteiger partial charge in [-0.2, -0.15) is 0 Å². The van der Waals surface area contributed by atoms with Crippen LogP contribution >= 0.6 is 22.6 Å². The van der Waals surface area contributed by atoms with Gasteiger partial charge in [-0.3, -0.25) is 38.6 Å². The van der Waals surface area contributed by atoms with Crippen LogP contribution in [0.1, 0.15) is 33.6 Å². The monoisotopic (exact) mass is 724 g/mol. The van der Waals surface area contributed by atoms with Crippen molar-refractivity contribution in [3.05, 3.63) is 24.3 Å². The number of halogens is 1. The maximum Gasteiger partial charge on any atom is 0.253 e. The SMILES string of the molecule is CCCN1C(=O)C=CC1=O.CCOCCOCCNC(=O)CCN1C(=O)C=CC1=O.CCOCCOCCNC(=O)CI. The predicted octanol–water partition coefficient (Wildman–Crippen LogP) is 0.383. The van der Waals surface area contributed by atoms with Crippen molar-refractivity contribution in [3.63, 3.8) is 0 Å². The summed E-state index contributed by atoms with van der Waals surface area (Å²) >= 11 is 2.02. The average molecular weight is 725 g/mol. The van der Waals surface area contributed by atoms with Gasteiger partial charge in [-0.05, 0) is 20.3 Å². The van der Waals surface area contributed by atoms with Crippen molar-refractivity contribution < 1.29 is 47.7 Å². The molecule has 0 bridgehead atoms. The number of ether oxygens (including phenoxy) is 4. The fraction of sp³-hybridized carbons (Fsp3) is 0.643. The third kappa shape index (κ3) is 20.8. The van der Waals surface area contributed by atoms with Gasteiger partial charge in [0.15, 0.2) is 0 Å². The number of amides is 6. The summed E-state index contributed by atoms with van der Waals surface area (Å²) in [5, 5.41) is 5.36. The highest BCUT2D eigenvalue weighted by Crippen LogP contribution is 2.04. The summed E-state index contributed by atoms with van der Waals surface area (Å²) in [5.41, 5.74) is 0. The number of hydrogen-bond donors (Lipinski definition) is 2. The van der Waals surface area contributed by atoms with E-state index in [0.29, 0.717) is 70.3 Å². The Morgan fingerprint density at radius 2 is 1.02 bits per heavy atom. The normalized spacial score (nSPS) is 13.6. The summed E-state index contributed by atoms with van der Waals surface area (Å²) < 4.78 is 21.1. The molecule has 0 saturated heterocycles. The molecular formula is C28H45IN4O10. The van der Waals surface area contributed by atoms with Gasteiger partial charge in [0.1, 0.15) is 0 Å². The summed E-state index contributed by atoms with van der Waals surface area (Å²) in [4.78, 5) is 68.6. The van der Waals surface area contributed by atoms with Gasteiger partial charge < -0.3 is 29.6 Å². The van der Waals surface area contributed by atoms with Crippen LogP contribution in [0.15, 0.2) is 24.3 Å². The second kappa shape index (κ2) is 26.9. The van der Waals surface area contributed by atoms with E-state index in [9.17, 15) is 28.8 Å². The number of carbonyl (C=O) groups is 6. The van der Waals surface area contributed by atoms with Gasteiger partial charge >= 0.3 is 0 Å². The van der Waals surface area contributed by atoms with Crippen LogP contribution in [0.3, 0.4) is 0 Å². The van der Waals surface area contributed by atoms with Gasteiger partial charge in [-0.15, -0.1) is 0 Å². The van der Waals surface area contributed by atoms with Crippen molar-refractivity contribution in [2.24, 2.45) is 0 Å². The summed E-state index contributed by atoms with van der Waals surface area (Å²) in [6.45, 7) is 12.0. The Morgan fingerprint density at radius 1 is 0.628 bits per heavy atom. The molecule has 15 heteroatoms. The summed E-state index contributed by atoms with van der Waals surface area (Å²) in [7, 11) is 0. The van der Waals surface area contributed by atoms with Crippen molar-refractivity contribution >= 4 is 58.0 Å². The summed E-state index contributed by atoms with van der Waals surface area (Å²) in [6.07, 6.45) is 5.92. The van der Waals surface area contributed by atoms with E-state index in [4.69, 9.17) is 18.9 Å². The highest BCUT2D eigenvalue weighted by atomic mass is 127. The molecule has 43 heavy (non-hydrogen) atoms. The Hall–Kier alpha value is -2.73. The van der Waals surface area contributed by atoms with E-state index in [-0.39, 0.29) is 48.4 Å². The highest BCUT2D eigenvalue weighted by Gasteiger charge is 2.23. The lowest BCUT2D eigenvalue weighted by molar-refractivity contribution is -0.138. The number of nitrogens with one attached hydrogen (secondary N) is 2. The molecule has 0 radical (unpaired) electrons. The zero-order chi connectivity index (χ0) is 32.3. The molecule has 0 spiro atoms. The van der Waals surface area contributed by atoms with Crippen LogP contribution in [-0.4, -0.2) is 129 Å². The summed E-state index contributed by atoms with van der Waals surface area (Å²) in [6, 6.07) is 0. The smallest absolute Gasteiger partial charge is 0.253 e. The first-order valence-corrected chi connectivity index (χ1v) is 15.7. The van der Waals surface area contributed by atoms with Crippen molar-refractivity contribution in [1.82, 2.24) is 20.4 Å². The third-order valence-corrected chi connectivity index (χ3v) is 5.91. The van der Waals surface area contributed by atoms with E-state index < -0.39 is 0 Å². The molecule has 0 aromatic heterocycles. The van der Waals surface area contributed by atoms with E-state index >= 15 is 0 Å². The lowest BCUT2D eigenvalue weighted by atomic mass is 10.3. The van der Waals surface area contributed by atoms with Crippen LogP contribution in [-0.2, 0) is 47.7 Å². The Balaban J connectivity index is 0.000000660. The van der Waals surface area contributed by atoms with Crippen molar-refractivity contribution in [1.29, 1.82) is 0 Å². The molecule has 0 aliphatic carbocycles. The molecular weight excluding hydrogens is 679 g/mol. The second-order valence-corrected chi connectivity index (χ2v) is 9.29. The first kappa shape index (κ1) is 40.3. The quantitative estimate of drug-likeness (QED) is 0.0775. The van der Waals surface area contributed by atoms with Crippen molar-refractivity contribution in [3.8, 4) is 0 Å². The largest absolute Gasteiger partial charge is 0.379 e. The van der Waals surface area contributed by atoms with Crippen LogP contribution in [0.25, 0.3) is 0 Å². The van der Waals surface area contributed by atoms with E-state index in [1.54, 1.807) is 0 Å². The van der Waals surface area contributed by atoms with Crippen LogP contribution in [0.2, 0.25) is 0 Å². The van der Waals surface area contributed by atoms with Gasteiger partial charge in [0, 0.05) is 70.1 Å². The second-order valence-electron chi connectivity index (χ2n) is 8.53. The molecule has 2 rings (SSSR count). The third-order valence-electron chi connectivity index (χ3n) is 5.22. The molecule has 244 valence electrons. The van der Waals surface area contributed by atoms with Crippen molar-refractivity contribution in [2.45, 2.75) is 33.6 Å². The fourth-order valence-electron chi connectivity index (χ4n) is 3.13. The number of carbonyl (C=O) groups excluding carboxylic acids is 6. The van der Waals surface area contributed by atoms with E-state index in [2.05, 4.69) is 10.6 Å². The first-order chi connectivity index (χ1) is 20.7. The van der Waals surface area contributed by atoms with Crippen LogP contribution in [0, 0.1) is 0 Å². The Kier molecular flexibility index (Phi) is 25.2. The van der Waals surface area contributed by atoms with Crippen LogP contribution < -0.4 is 10.6 Å². The zero-order valence-electron chi connectivity index (χ0n) is 25.3. The lowest BCUT2D eigenvalue weighted by Gasteiger charge is -2.13. The topological polar surface area (TPSA) is 170 Å². The van der Waals surface area contributed by atoms with Crippen molar-refractivity contribution in [2.75, 3.05) is 83.5 Å². The zero-order valence-corrected chi connectivity index (χ0v) is 27.4. The van der Waals surface area contributed by atoms with E-state index in [0.717, 1.165) is 17.9 Å². The standard InChI is InChI=1S/C13H20N2O5.C8H16INO3.C7H9NO2/c1-2-19-9-10-20-8-6-14-11(16)5-7-15-12(17)3-4-13(15)18;1-2-12-5-6-13-4-3-10-8(11)7-9;1-2-5-8-6(9)3-4-7(8)10/h3-4H,2,5-10H2,1H3,(H,14,16);2-7H2,1H3,(H,10,11);3-4H,2,5H2,1H3. The predicted molar refractivity (Wildman–Crippen MR) is 166 cm³/mol. The number of hydrogen-bond acceptors (Lipinski definition) is 10. The fourth-order valence-corrected chi connectivity index (χ4v) is 3.40. The first-order valence-electron chi connectivity index (χ1n) is 14.2. The average Bonchev–Trinajstić information content (AvgIpc) is 3.50. The molecule has 2 heterocycles. The van der Waals surface area contributed by atoms with Gasteiger partial charge in [-0.1, -0.05) is 29.5 Å². The van der Waals surface area contributed by atoms with Crippen LogP contribution in [0.5, 0.6) is 0 Å². The number of alkyl halides is 1. The maximum absolute atomic E-state index is 11.5. The Labute approximate surface area is 267 Å². The summed E-state index contributed by atoms with van der Waals surface area (Å²) in [5.74, 6) is -1.29. The highest BCUT2D eigenvalue weighted by molar-refractivity contribution is 14.1. The molecule has 0 aromatic carbocycles. The van der Waals surface area contributed by atoms with Gasteiger partial charge in [0.2, 0.25) is 11.8 Å². The Morgan fingerprint density at radius 3 is 1.42 bits per heavy atom. The van der Waals surface area contributed by atoms with E-state index in [1.165, 1.54) is 29.2 Å². The molecule has 6 amide bonds. The molecule has 0 saturated carbocycles. The number of rotatable bonds is 20. The molecule has 14 nitrogen and oxygen atoms in total. The minimum atomic E-state index is -0.373. The molecule has 0 aromatic rings. The minimum Gasteiger partial charge on any atom is -0.379 e. The molecule has 2 N–H and O–H groups in total. The molecule has 2 aliphatic heterocycles. The van der Waals surface area contributed by atoms with Crippen LogP contribution in [0.4, 0.5) is 0 Å². The number of nitrogens with zero attached hydrogens (tertiary/aromatic N) is 2. The molecule has 0 atom stereocenters. The van der Waals surface area contributed by atoms with E-state index in [1.807, 2.05) is 43.4 Å².